The number of rotatable bonds is 6. The van der Waals surface area contributed by atoms with E-state index in [-0.39, 0.29) is 23.5 Å². The monoisotopic (exact) mass is 450 g/mol. The molecule has 2 N–H and O–H groups in total. The van der Waals surface area contributed by atoms with Gasteiger partial charge >= 0.3 is 5.69 Å². The lowest BCUT2D eigenvalue weighted by Gasteiger charge is -2.22. The van der Waals surface area contributed by atoms with Crippen LogP contribution in [0.25, 0.3) is 10.9 Å². The summed E-state index contributed by atoms with van der Waals surface area (Å²) in [6.45, 7) is 1.40. The molecule has 0 saturated heterocycles. The standard InChI is InChI=1S/C21H18F4N4O3/c1-9(18-13(24)7-11(22)8-26-18)27-19(30)15(6-10-2-3-10)29-20(31)16-14(28-21(29)32)5-4-12(23)17(16)25/h4-5,7-10,15H,2-3,6H2,1H3,(H,27,30)(H,28,32)/t9-,15+/m1/s1. The molecule has 1 aliphatic carbocycles. The Hall–Kier alpha value is -3.50. The summed E-state index contributed by atoms with van der Waals surface area (Å²) in [6, 6.07) is 0.0771. The highest BCUT2D eigenvalue weighted by Gasteiger charge is 2.34. The Kier molecular flexibility index (Phi) is 5.57. The molecule has 1 saturated carbocycles. The molecule has 1 aliphatic rings. The molecule has 3 aromatic rings. The molecule has 4 rings (SSSR count). The van der Waals surface area contributed by atoms with E-state index in [1.807, 2.05) is 0 Å². The first-order valence-electron chi connectivity index (χ1n) is 9.91. The highest BCUT2D eigenvalue weighted by atomic mass is 19.2. The maximum Gasteiger partial charge on any atom is 0.329 e. The topological polar surface area (TPSA) is 96.9 Å². The first kappa shape index (κ1) is 21.7. The van der Waals surface area contributed by atoms with Crippen LogP contribution in [0.15, 0.2) is 34.0 Å². The maximum absolute atomic E-state index is 14.3. The molecule has 0 unspecified atom stereocenters. The normalized spacial score (nSPS) is 15.5. The van der Waals surface area contributed by atoms with Crippen LogP contribution in [-0.2, 0) is 4.79 Å². The Bertz CT molecular complexity index is 1330. The molecule has 168 valence electrons. The summed E-state index contributed by atoms with van der Waals surface area (Å²) >= 11 is 0. The number of amides is 1. The molecule has 2 atom stereocenters. The fourth-order valence-electron chi connectivity index (χ4n) is 3.66. The van der Waals surface area contributed by atoms with Crippen LogP contribution in [0.3, 0.4) is 0 Å². The van der Waals surface area contributed by atoms with Crippen LogP contribution < -0.4 is 16.6 Å². The third-order valence-electron chi connectivity index (χ3n) is 5.46. The van der Waals surface area contributed by atoms with Gasteiger partial charge in [-0.05, 0) is 31.4 Å². The van der Waals surface area contributed by atoms with E-state index in [2.05, 4.69) is 15.3 Å². The van der Waals surface area contributed by atoms with Crippen molar-refractivity contribution in [3.05, 3.63) is 74.2 Å². The highest BCUT2D eigenvalue weighted by molar-refractivity contribution is 5.82. The van der Waals surface area contributed by atoms with Crippen molar-refractivity contribution < 1.29 is 22.4 Å². The second-order valence-electron chi connectivity index (χ2n) is 7.83. The minimum atomic E-state index is -1.44. The molecule has 2 aromatic heterocycles. The predicted octanol–water partition coefficient (Wildman–Crippen LogP) is 2.86. The van der Waals surface area contributed by atoms with E-state index in [1.165, 1.54) is 6.92 Å². The first-order valence-corrected chi connectivity index (χ1v) is 9.91. The van der Waals surface area contributed by atoms with Gasteiger partial charge in [-0.15, -0.1) is 0 Å². The summed E-state index contributed by atoms with van der Waals surface area (Å²) in [7, 11) is 0. The van der Waals surface area contributed by atoms with Gasteiger partial charge in [0.05, 0.1) is 23.4 Å². The number of hydrogen-bond acceptors (Lipinski definition) is 4. The van der Waals surface area contributed by atoms with Crippen molar-refractivity contribution in [2.75, 3.05) is 0 Å². The highest BCUT2D eigenvalue weighted by Crippen LogP contribution is 2.36. The third kappa shape index (κ3) is 4.02. The average Bonchev–Trinajstić information content (AvgIpc) is 3.53. The molecule has 0 bridgehead atoms. The van der Waals surface area contributed by atoms with Crippen LogP contribution >= 0.6 is 0 Å². The zero-order valence-electron chi connectivity index (χ0n) is 16.8. The van der Waals surface area contributed by atoms with Crippen LogP contribution in [0.2, 0.25) is 0 Å². The fraction of sp³-hybridized carbons (Fsp3) is 0.333. The molecular formula is C21H18F4N4O3. The van der Waals surface area contributed by atoms with Gasteiger partial charge in [-0.1, -0.05) is 12.8 Å². The van der Waals surface area contributed by atoms with Gasteiger partial charge < -0.3 is 10.3 Å². The van der Waals surface area contributed by atoms with Gasteiger partial charge in [0.2, 0.25) is 5.91 Å². The van der Waals surface area contributed by atoms with Gasteiger partial charge in [0.15, 0.2) is 11.6 Å². The molecule has 32 heavy (non-hydrogen) atoms. The summed E-state index contributed by atoms with van der Waals surface area (Å²) in [5, 5.41) is 1.79. The molecule has 2 heterocycles. The first-order chi connectivity index (χ1) is 15.2. The van der Waals surface area contributed by atoms with Crippen molar-refractivity contribution in [3.8, 4) is 0 Å². The molecule has 1 aromatic carbocycles. The molecule has 0 aliphatic heterocycles. The number of carbonyl (C=O) groups excluding carboxylic acids is 1. The number of nitrogens with one attached hydrogen (secondary N) is 2. The Morgan fingerprint density at radius 2 is 1.94 bits per heavy atom. The van der Waals surface area contributed by atoms with Gasteiger partial charge in [0.25, 0.3) is 5.56 Å². The molecule has 1 fully saturated rings. The van der Waals surface area contributed by atoms with Crippen molar-refractivity contribution in [2.24, 2.45) is 5.92 Å². The van der Waals surface area contributed by atoms with Crippen molar-refractivity contribution in [2.45, 2.75) is 38.3 Å². The van der Waals surface area contributed by atoms with E-state index in [1.54, 1.807) is 0 Å². The molecule has 7 nitrogen and oxygen atoms in total. The summed E-state index contributed by atoms with van der Waals surface area (Å²) in [5.74, 6) is -5.33. The average molecular weight is 450 g/mol. The van der Waals surface area contributed by atoms with Crippen molar-refractivity contribution in [1.82, 2.24) is 19.9 Å². The zero-order chi connectivity index (χ0) is 23.2. The molecule has 0 spiro atoms. The Balaban J connectivity index is 1.75. The van der Waals surface area contributed by atoms with Gasteiger partial charge in [-0.25, -0.2) is 26.9 Å². The summed E-state index contributed by atoms with van der Waals surface area (Å²) in [6.07, 6.45) is 2.44. The van der Waals surface area contributed by atoms with Crippen molar-refractivity contribution in [3.63, 3.8) is 0 Å². The number of aromatic amines is 1. The van der Waals surface area contributed by atoms with Crippen molar-refractivity contribution >= 4 is 16.8 Å². The Morgan fingerprint density at radius 3 is 2.59 bits per heavy atom. The third-order valence-corrected chi connectivity index (χ3v) is 5.46. The molecular weight excluding hydrogens is 432 g/mol. The van der Waals surface area contributed by atoms with E-state index in [0.717, 1.165) is 31.2 Å². The molecule has 11 heteroatoms. The van der Waals surface area contributed by atoms with E-state index in [9.17, 15) is 31.9 Å². The van der Waals surface area contributed by atoms with Crippen LogP contribution in [0.5, 0.6) is 0 Å². The second kappa shape index (κ2) is 8.21. The van der Waals surface area contributed by atoms with Crippen LogP contribution in [-0.4, -0.2) is 20.4 Å². The van der Waals surface area contributed by atoms with Gasteiger partial charge in [0.1, 0.15) is 23.1 Å². The van der Waals surface area contributed by atoms with Crippen LogP contribution in [0.4, 0.5) is 17.6 Å². The van der Waals surface area contributed by atoms with Crippen molar-refractivity contribution in [1.29, 1.82) is 0 Å². The number of pyridine rings is 1. The number of carbonyl (C=O) groups is 1. The smallest absolute Gasteiger partial charge is 0.329 e. The number of benzene rings is 1. The van der Waals surface area contributed by atoms with Crippen LogP contribution in [0, 0.1) is 29.2 Å². The summed E-state index contributed by atoms with van der Waals surface area (Å²) < 4.78 is 55.8. The lowest BCUT2D eigenvalue weighted by atomic mass is 10.1. The Morgan fingerprint density at radius 1 is 1.22 bits per heavy atom. The number of fused-ring (bicyclic) bond motifs is 1. The maximum atomic E-state index is 14.3. The van der Waals surface area contributed by atoms with Gasteiger partial charge in [-0.3, -0.25) is 14.6 Å². The van der Waals surface area contributed by atoms with E-state index in [4.69, 9.17) is 0 Å². The van der Waals surface area contributed by atoms with E-state index in [0.29, 0.717) is 10.6 Å². The predicted molar refractivity (Wildman–Crippen MR) is 106 cm³/mol. The molecule has 1 amide bonds. The quantitative estimate of drug-likeness (QED) is 0.565. The minimum absolute atomic E-state index is 0.0566. The Labute approximate surface area is 178 Å². The SMILES string of the molecule is C[C@@H](NC(=O)[C@H](CC1CC1)n1c(=O)[nH]c2ccc(F)c(F)c2c1=O)c1ncc(F)cc1F. The van der Waals surface area contributed by atoms with Gasteiger partial charge in [-0.2, -0.15) is 0 Å². The lowest BCUT2D eigenvalue weighted by molar-refractivity contribution is -0.125. The van der Waals surface area contributed by atoms with E-state index >= 15 is 0 Å². The second-order valence-corrected chi connectivity index (χ2v) is 7.83. The number of nitrogens with zero attached hydrogens (tertiary/aromatic N) is 2. The summed E-state index contributed by atoms with van der Waals surface area (Å²) in [4.78, 5) is 44.6. The molecule has 0 radical (unpaired) electrons. The number of hydrogen-bond donors (Lipinski definition) is 2. The minimum Gasteiger partial charge on any atom is -0.346 e. The van der Waals surface area contributed by atoms with E-state index < -0.39 is 57.9 Å². The lowest BCUT2D eigenvalue weighted by Crippen LogP contribution is -2.45. The number of halogens is 4. The largest absolute Gasteiger partial charge is 0.346 e. The summed E-state index contributed by atoms with van der Waals surface area (Å²) in [5.41, 5.74) is -2.56. The van der Waals surface area contributed by atoms with Gasteiger partial charge in [0, 0.05) is 6.07 Å². The fourth-order valence-corrected chi connectivity index (χ4v) is 3.66. The van der Waals surface area contributed by atoms with Crippen LogP contribution in [0.1, 0.15) is 44.0 Å². The number of aromatic nitrogens is 3. The zero-order valence-corrected chi connectivity index (χ0v) is 16.8. The number of H-pyrrole nitrogens is 1.